The maximum atomic E-state index is 11.1. The van der Waals surface area contributed by atoms with E-state index in [2.05, 4.69) is 5.32 Å². The molecule has 0 aliphatic rings. The SMILES string of the molecule is CNC(=O)c1ccc(C(=O)NN)s1. The summed E-state index contributed by atoms with van der Waals surface area (Å²) in [6, 6.07) is 3.13. The fraction of sp³-hybridized carbons (Fsp3) is 0.143. The van der Waals surface area contributed by atoms with E-state index in [1.807, 2.05) is 5.43 Å². The lowest BCUT2D eigenvalue weighted by Crippen LogP contribution is -2.29. The Morgan fingerprint density at radius 1 is 1.31 bits per heavy atom. The number of nitrogens with one attached hydrogen (secondary N) is 2. The molecule has 1 heterocycles. The Morgan fingerprint density at radius 2 is 1.85 bits per heavy atom. The van der Waals surface area contributed by atoms with Crippen molar-refractivity contribution in [2.45, 2.75) is 0 Å². The number of carbonyl (C=O) groups excluding carboxylic acids is 2. The molecule has 5 nitrogen and oxygen atoms in total. The van der Waals surface area contributed by atoms with E-state index in [1.54, 1.807) is 12.1 Å². The van der Waals surface area contributed by atoms with Crippen molar-refractivity contribution in [1.82, 2.24) is 10.7 Å². The van der Waals surface area contributed by atoms with Crippen LogP contribution in [0, 0.1) is 0 Å². The number of nitrogens with two attached hydrogens (primary N) is 1. The molecule has 0 fully saturated rings. The van der Waals surface area contributed by atoms with Crippen LogP contribution in [0.15, 0.2) is 12.1 Å². The monoisotopic (exact) mass is 199 g/mol. The minimum absolute atomic E-state index is 0.207. The van der Waals surface area contributed by atoms with Gasteiger partial charge in [0, 0.05) is 7.05 Å². The molecule has 2 amide bonds. The summed E-state index contributed by atoms with van der Waals surface area (Å²) in [6.45, 7) is 0. The van der Waals surface area contributed by atoms with Gasteiger partial charge in [0.1, 0.15) is 0 Å². The summed E-state index contributed by atoms with van der Waals surface area (Å²) in [7, 11) is 1.53. The largest absolute Gasteiger partial charge is 0.354 e. The maximum Gasteiger partial charge on any atom is 0.275 e. The summed E-state index contributed by atoms with van der Waals surface area (Å²) in [4.78, 5) is 23.0. The average Bonchev–Trinajstić information content (AvgIpc) is 2.64. The highest BCUT2D eigenvalue weighted by atomic mass is 32.1. The fourth-order valence-electron chi connectivity index (χ4n) is 0.776. The molecule has 0 bridgehead atoms. The van der Waals surface area contributed by atoms with Crippen molar-refractivity contribution in [2.75, 3.05) is 7.05 Å². The minimum atomic E-state index is -0.389. The van der Waals surface area contributed by atoms with Crippen LogP contribution in [0.5, 0.6) is 0 Å². The molecule has 0 saturated heterocycles. The van der Waals surface area contributed by atoms with E-state index in [0.717, 1.165) is 11.3 Å². The third kappa shape index (κ3) is 2.04. The molecule has 0 radical (unpaired) electrons. The number of rotatable bonds is 2. The second-order valence-electron chi connectivity index (χ2n) is 2.22. The molecule has 0 aromatic carbocycles. The van der Waals surface area contributed by atoms with E-state index >= 15 is 0 Å². The Labute approximate surface area is 78.9 Å². The van der Waals surface area contributed by atoms with Gasteiger partial charge in [-0.15, -0.1) is 11.3 Å². The van der Waals surface area contributed by atoms with Crippen LogP contribution in [0.3, 0.4) is 0 Å². The van der Waals surface area contributed by atoms with Crippen LogP contribution in [-0.4, -0.2) is 18.9 Å². The first-order valence-electron chi connectivity index (χ1n) is 3.52. The molecule has 1 rings (SSSR count). The summed E-state index contributed by atoms with van der Waals surface area (Å²) in [6.07, 6.45) is 0. The summed E-state index contributed by atoms with van der Waals surface area (Å²) in [5.74, 6) is 4.33. The van der Waals surface area contributed by atoms with Crippen LogP contribution in [0.2, 0.25) is 0 Å². The van der Waals surface area contributed by atoms with Gasteiger partial charge in [-0.25, -0.2) is 5.84 Å². The predicted octanol–water partition coefficient (Wildman–Crippen LogP) is -0.289. The first-order valence-corrected chi connectivity index (χ1v) is 4.33. The second kappa shape index (κ2) is 4.01. The van der Waals surface area contributed by atoms with E-state index in [9.17, 15) is 9.59 Å². The predicted molar refractivity (Wildman–Crippen MR) is 49.4 cm³/mol. The highest BCUT2D eigenvalue weighted by Gasteiger charge is 2.11. The van der Waals surface area contributed by atoms with Crippen LogP contribution in [0.25, 0.3) is 0 Å². The third-order valence-corrected chi connectivity index (χ3v) is 2.49. The number of thiophene rings is 1. The maximum absolute atomic E-state index is 11.1. The number of hydrogen-bond acceptors (Lipinski definition) is 4. The van der Waals surface area contributed by atoms with Gasteiger partial charge in [0.15, 0.2) is 0 Å². The van der Waals surface area contributed by atoms with Crippen LogP contribution in [0.4, 0.5) is 0 Å². The van der Waals surface area contributed by atoms with Gasteiger partial charge >= 0.3 is 0 Å². The van der Waals surface area contributed by atoms with Crippen molar-refractivity contribution in [3.05, 3.63) is 21.9 Å². The molecule has 70 valence electrons. The Balaban J connectivity index is 2.86. The van der Waals surface area contributed by atoms with Gasteiger partial charge in [-0.1, -0.05) is 0 Å². The Hall–Kier alpha value is -1.40. The van der Waals surface area contributed by atoms with Crippen molar-refractivity contribution >= 4 is 23.2 Å². The average molecular weight is 199 g/mol. The number of hydrazine groups is 1. The molecule has 0 aliphatic carbocycles. The van der Waals surface area contributed by atoms with E-state index in [1.165, 1.54) is 7.05 Å². The summed E-state index contributed by atoms with van der Waals surface area (Å²) < 4.78 is 0. The van der Waals surface area contributed by atoms with E-state index < -0.39 is 0 Å². The fourth-order valence-corrected chi connectivity index (χ4v) is 1.63. The molecule has 0 aliphatic heterocycles. The Bertz CT molecular complexity index is 304. The van der Waals surface area contributed by atoms with Gasteiger partial charge in [-0.05, 0) is 12.1 Å². The van der Waals surface area contributed by atoms with Crippen LogP contribution < -0.4 is 16.6 Å². The first-order chi connectivity index (χ1) is 6.19. The van der Waals surface area contributed by atoms with Crippen molar-refractivity contribution in [2.24, 2.45) is 5.84 Å². The number of hydrogen-bond donors (Lipinski definition) is 3. The van der Waals surface area contributed by atoms with Crippen LogP contribution in [0.1, 0.15) is 19.3 Å². The van der Waals surface area contributed by atoms with E-state index in [0.29, 0.717) is 9.75 Å². The summed E-state index contributed by atoms with van der Waals surface area (Å²) >= 11 is 1.09. The van der Waals surface area contributed by atoms with Crippen LogP contribution >= 0.6 is 11.3 Å². The first kappa shape index (κ1) is 9.69. The zero-order chi connectivity index (χ0) is 9.84. The lowest BCUT2D eigenvalue weighted by molar-refractivity contribution is 0.0954. The summed E-state index contributed by atoms with van der Waals surface area (Å²) in [5, 5.41) is 2.46. The van der Waals surface area contributed by atoms with Gasteiger partial charge in [0.25, 0.3) is 11.8 Å². The molecule has 0 atom stereocenters. The molecule has 13 heavy (non-hydrogen) atoms. The van der Waals surface area contributed by atoms with E-state index in [-0.39, 0.29) is 11.8 Å². The third-order valence-electron chi connectivity index (χ3n) is 1.41. The van der Waals surface area contributed by atoms with Crippen LogP contribution in [-0.2, 0) is 0 Å². The topological polar surface area (TPSA) is 84.2 Å². The normalized spacial score (nSPS) is 9.38. The highest BCUT2D eigenvalue weighted by Crippen LogP contribution is 2.15. The van der Waals surface area contributed by atoms with E-state index in [4.69, 9.17) is 5.84 Å². The number of amides is 2. The standard InChI is InChI=1S/C7H9N3O2S/c1-9-6(11)4-2-3-5(13-4)7(12)10-8/h2-3H,8H2,1H3,(H,9,11)(H,10,12). The zero-order valence-electron chi connectivity index (χ0n) is 6.96. The molecule has 6 heteroatoms. The molecule has 1 aromatic heterocycles. The lowest BCUT2D eigenvalue weighted by Gasteiger charge is -1.93. The van der Waals surface area contributed by atoms with Gasteiger partial charge in [-0.3, -0.25) is 15.0 Å². The lowest BCUT2D eigenvalue weighted by atomic mass is 10.4. The highest BCUT2D eigenvalue weighted by molar-refractivity contribution is 7.15. The van der Waals surface area contributed by atoms with Crippen molar-refractivity contribution in [1.29, 1.82) is 0 Å². The van der Waals surface area contributed by atoms with Crippen molar-refractivity contribution in [3.8, 4) is 0 Å². The molecule has 1 aromatic rings. The molecule has 4 N–H and O–H groups in total. The smallest absolute Gasteiger partial charge is 0.275 e. The van der Waals surface area contributed by atoms with Gasteiger partial charge in [0.05, 0.1) is 9.75 Å². The number of carbonyl (C=O) groups is 2. The van der Waals surface area contributed by atoms with Crippen molar-refractivity contribution in [3.63, 3.8) is 0 Å². The molecule has 0 saturated carbocycles. The molecule has 0 unspecified atom stereocenters. The number of nitrogen functional groups attached to an aromatic ring is 1. The molecular formula is C7H9N3O2S. The second-order valence-corrected chi connectivity index (χ2v) is 3.30. The Morgan fingerprint density at radius 3 is 2.31 bits per heavy atom. The summed E-state index contributed by atoms with van der Waals surface area (Å²) in [5.41, 5.74) is 1.99. The van der Waals surface area contributed by atoms with Gasteiger partial charge < -0.3 is 5.32 Å². The minimum Gasteiger partial charge on any atom is -0.354 e. The van der Waals surface area contributed by atoms with Crippen molar-refractivity contribution < 1.29 is 9.59 Å². The molecule has 0 spiro atoms. The van der Waals surface area contributed by atoms with Gasteiger partial charge in [-0.2, -0.15) is 0 Å². The Kier molecular flexibility index (Phi) is 2.99. The molecular weight excluding hydrogens is 190 g/mol. The van der Waals surface area contributed by atoms with Gasteiger partial charge in [0.2, 0.25) is 0 Å². The zero-order valence-corrected chi connectivity index (χ0v) is 7.77. The quantitative estimate of drug-likeness (QED) is 0.347.